The molecule has 1 N–H and O–H groups in total. The summed E-state index contributed by atoms with van der Waals surface area (Å²) >= 11 is 6.24. The van der Waals surface area contributed by atoms with Crippen LogP contribution in [0.3, 0.4) is 0 Å². The third kappa shape index (κ3) is 2.14. The first-order valence-corrected chi connectivity index (χ1v) is 6.67. The number of aliphatic carboxylic acids is 1. The van der Waals surface area contributed by atoms with Crippen LogP contribution < -0.4 is 9.47 Å². The highest BCUT2D eigenvalue weighted by Gasteiger charge is 2.49. The molecule has 1 fully saturated rings. The molecule has 0 spiro atoms. The van der Waals surface area contributed by atoms with Crippen molar-refractivity contribution in [1.29, 1.82) is 0 Å². The Bertz CT molecular complexity index is 494. The molecule has 0 heterocycles. The fraction of sp³-hybridized carbons (Fsp3) is 0.500. The van der Waals surface area contributed by atoms with Crippen LogP contribution in [0, 0.1) is 0 Å². The van der Waals surface area contributed by atoms with Crippen molar-refractivity contribution < 1.29 is 19.4 Å². The Morgan fingerprint density at radius 1 is 1.47 bits per heavy atom. The van der Waals surface area contributed by atoms with E-state index >= 15 is 0 Å². The first kappa shape index (κ1) is 14.0. The summed E-state index contributed by atoms with van der Waals surface area (Å²) in [4.78, 5) is 11.7. The van der Waals surface area contributed by atoms with Crippen LogP contribution in [-0.4, -0.2) is 24.8 Å². The van der Waals surface area contributed by atoms with Crippen molar-refractivity contribution in [1.82, 2.24) is 0 Å². The summed E-state index contributed by atoms with van der Waals surface area (Å²) in [5.74, 6) is 0.128. The summed E-state index contributed by atoms with van der Waals surface area (Å²) in [5.41, 5.74) is -0.384. The van der Waals surface area contributed by atoms with Gasteiger partial charge in [-0.3, -0.25) is 4.79 Å². The average molecular weight is 285 g/mol. The number of ether oxygens (including phenoxy) is 2. The Hall–Kier alpha value is -1.42. The standard InChI is InChI=1S/C14H17ClO4/c1-3-19-12-10(18-2)6-5-9(15)11(12)14(13(16)17)7-4-8-14/h5-6H,3-4,7-8H2,1-2H3,(H,16,17). The maximum Gasteiger partial charge on any atom is 0.314 e. The highest BCUT2D eigenvalue weighted by molar-refractivity contribution is 6.32. The number of carboxylic acid groups (broad SMARTS) is 1. The lowest BCUT2D eigenvalue weighted by Crippen LogP contribution is -2.43. The van der Waals surface area contributed by atoms with Crippen LogP contribution >= 0.6 is 11.6 Å². The van der Waals surface area contributed by atoms with Gasteiger partial charge in [-0.25, -0.2) is 0 Å². The smallest absolute Gasteiger partial charge is 0.314 e. The van der Waals surface area contributed by atoms with Gasteiger partial charge in [0.2, 0.25) is 0 Å². The maximum absolute atomic E-state index is 11.7. The van der Waals surface area contributed by atoms with Gasteiger partial charge in [0.15, 0.2) is 11.5 Å². The zero-order chi connectivity index (χ0) is 14.0. The van der Waals surface area contributed by atoms with E-state index < -0.39 is 11.4 Å². The molecule has 2 rings (SSSR count). The number of carbonyl (C=O) groups is 1. The molecule has 1 saturated carbocycles. The van der Waals surface area contributed by atoms with E-state index in [0.29, 0.717) is 41.5 Å². The predicted molar refractivity (Wildman–Crippen MR) is 72.3 cm³/mol. The van der Waals surface area contributed by atoms with Gasteiger partial charge >= 0.3 is 5.97 Å². The number of methoxy groups -OCH3 is 1. The maximum atomic E-state index is 11.7. The predicted octanol–water partition coefficient (Wildman–Crippen LogP) is 3.25. The summed E-state index contributed by atoms with van der Waals surface area (Å²) in [6.07, 6.45) is 2.04. The van der Waals surface area contributed by atoms with Crippen molar-refractivity contribution in [3.63, 3.8) is 0 Å². The van der Waals surface area contributed by atoms with E-state index in [4.69, 9.17) is 21.1 Å². The molecule has 0 saturated heterocycles. The minimum Gasteiger partial charge on any atom is -0.493 e. The number of carboxylic acids is 1. The van der Waals surface area contributed by atoms with Crippen molar-refractivity contribution in [2.45, 2.75) is 31.6 Å². The molecule has 1 aliphatic carbocycles. The van der Waals surface area contributed by atoms with Gasteiger partial charge in [-0.15, -0.1) is 0 Å². The molecular weight excluding hydrogens is 268 g/mol. The fourth-order valence-electron chi connectivity index (χ4n) is 2.53. The van der Waals surface area contributed by atoms with Gasteiger partial charge in [0.05, 0.1) is 19.1 Å². The van der Waals surface area contributed by atoms with Crippen LogP contribution in [0.25, 0.3) is 0 Å². The van der Waals surface area contributed by atoms with Crippen molar-refractivity contribution in [2.24, 2.45) is 0 Å². The molecule has 0 aliphatic heterocycles. The van der Waals surface area contributed by atoms with Crippen LogP contribution in [0.1, 0.15) is 31.7 Å². The molecule has 5 heteroatoms. The van der Waals surface area contributed by atoms with E-state index in [1.807, 2.05) is 6.92 Å². The third-order valence-electron chi connectivity index (χ3n) is 3.67. The Labute approximate surface area is 117 Å². The number of hydrogen-bond acceptors (Lipinski definition) is 3. The van der Waals surface area contributed by atoms with Gasteiger partial charge in [0.1, 0.15) is 0 Å². The summed E-state index contributed by atoms with van der Waals surface area (Å²) in [6, 6.07) is 3.37. The molecule has 0 radical (unpaired) electrons. The van der Waals surface area contributed by atoms with E-state index in [9.17, 15) is 9.90 Å². The van der Waals surface area contributed by atoms with Crippen LogP contribution in [0.4, 0.5) is 0 Å². The largest absolute Gasteiger partial charge is 0.493 e. The average Bonchev–Trinajstić information content (AvgIpc) is 2.31. The van der Waals surface area contributed by atoms with E-state index in [1.54, 1.807) is 12.1 Å². The summed E-state index contributed by atoms with van der Waals surface area (Å²) in [5, 5.41) is 9.99. The lowest BCUT2D eigenvalue weighted by Gasteiger charge is -2.39. The monoisotopic (exact) mass is 284 g/mol. The SMILES string of the molecule is CCOc1c(OC)ccc(Cl)c1C1(C(=O)O)CCC1. The second-order valence-corrected chi connectivity index (χ2v) is 5.03. The fourth-order valence-corrected chi connectivity index (χ4v) is 2.86. The van der Waals surface area contributed by atoms with Gasteiger partial charge in [-0.1, -0.05) is 18.0 Å². The minimum atomic E-state index is -0.934. The summed E-state index contributed by atoms with van der Waals surface area (Å²) < 4.78 is 10.9. The lowest BCUT2D eigenvalue weighted by atomic mass is 9.64. The molecule has 0 amide bonds. The lowest BCUT2D eigenvalue weighted by molar-refractivity contribution is -0.147. The summed E-state index contributed by atoms with van der Waals surface area (Å²) in [7, 11) is 1.53. The number of benzene rings is 1. The highest BCUT2D eigenvalue weighted by atomic mass is 35.5. The molecule has 19 heavy (non-hydrogen) atoms. The molecular formula is C14H17ClO4. The molecule has 0 unspecified atom stereocenters. The van der Waals surface area contributed by atoms with Crippen LogP contribution in [0.2, 0.25) is 5.02 Å². The minimum absolute atomic E-state index is 0.423. The molecule has 1 aliphatic rings. The second-order valence-electron chi connectivity index (χ2n) is 4.63. The zero-order valence-corrected chi connectivity index (χ0v) is 11.8. The highest BCUT2D eigenvalue weighted by Crippen LogP contribution is 2.52. The van der Waals surface area contributed by atoms with E-state index in [-0.39, 0.29) is 0 Å². The molecule has 0 aromatic heterocycles. The molecule has 4 nitrogen and oxygen atoms in total. The Morgan fingerprint density at radius 3 is 2.58 bits per heavy atom. The molecule has 1 aromatic carbocycles. The third-order valence-corrected chi connectivity index (χ3v) is 3.99. The first-order valence-electron chi connectivity index (χ1n) is 6.30. The quantitative estimate of drug-likeness (QED) is 0.902. The normalized spacial score (nSPS) is 16.6. The van der Waals surface area contributed by atoms with Gasteiger partial charge in [0, 0.05) is 10.6 Å². The number of halogens is 1. The van der Waals surface area contributed by atoms with Crippen molar-refractivity contribution >= 4 is 17.6 Å². The van der Waals surface area contributed by atoms with Gasteiger partial charge in [-0.2, -0.15) is 0 Å². The molecule has 1 aromatic rings. The topological polar surface area (TPSA) is 55.8 Å². The van der Waals surface area contributed by atoms with Crippen molar-refractivity contribution in [2.75, 3.05) is 13.7 Å². The molecule has 0 bridgehead atoms. The molecule has 104 valence electrons. The Balaban J connectivity index is 2.63. The Morgan fingerprint density at radius 2 is 2.16 bits per heavy atom. The first-order chi connectivity index (χ1) is 9.06. The van der Waals surface area contributed by atoms with Crippen molar-refractivity contribution in [3.8, 4) is 11.5 Å². The van der Waals surface area contributed by atoms with Gasteiger partial charge in [0.25, 0.3) is 0 Å². The van der Waals surface area contributed by atoms with Crippen LogP contribution in [-0.2, 0) is 10.2 Å². The zero-order valence-electron chi connectivity index (χ0n) is 11.0. The van der Waals surface area contributed by atoms with Crippen molar-refractivity contribution in [3.05, 3.63) is 22.7 Å². The summed E-state index contributed by atoms with van der Waals surface area (Å²) in [6.45, 7) is 2.28. The number of hydrogen-bond donors (Lipinski definition) is 1. The van der Waals surface area contributed by atoms with Gasteiger partial charge < -0.3 is 14.6 Å². The van der Waals surface area contributed by atoms with E-state index in [2.05, 4.69) is 0 Å². The number of rotatable bonds is 5. The van der Waals surface area contributed by atoms with Gasteiger partial charge in [-0.05, 0) is 31.9 Å². The van der Waals surface area contributed by atoms with Crippen LogP contribution in [0.5, 0.6) is 11.5 Å². The second kappa shape index (κ2) is 5.29. The Kier molecular flexibility index (Phi) is 3.90. The van der Waals surface area contributed by atoms with E-state index in [1.165, 1.54) is 7.11 Å². The van der Waals surface area contributed by atoms with E-state index in [0.717, 1.165) is 6.42 Å². The molecule has 0 atom stereocenters. The van der Waals surface area contributed by atoms with Crippen LogP contribution in [0.15, 0.2) is 12.1 Å².